The van der Waals surface area contributed by atoms with Gasteiger partial charge in [0.1, 0.15) is 0 Å². The fraction of sp³-hybridized carbons (Fsp3) is 0.385. The molecule has 0 spiro atoms. The summed E-state index contributed by atoms with van der Waals surface area (Å²) < 4.78 is 0. The van der Waals surface area contributed by atoms with Gasteiger partial charge in [-0.3, -0.25) is 4.79 Å². The van der Waals surface area contributed by atoms with Crippen molar-refractivity contribution in [3.63, 3.8) is 0 Å². The fourth-order valence-corrected chi connectivity index (χ4v) is 3.77. The average Bonchev–Trinajstić information content (AvgIpc) is 2.75. The van der Waals surface area contributed by atoms with Gasteiger partial charge in [-0.05, 0) is 24.8 Å². The molecule has 1 aliphatic heterocycles. The van der Waals surface area contributed by atoms with E-state index in [9.17, 15) is 10.1 Å². The number of nitrogens with one attached hydrogen (secondary N) is 1. The number of thioether (sulfide) groups is 1. The van der Waals surface area contributed by atoms with Gasteiger partial charge >= 0.3 is 0 Å². The first-order chi connectivity index (χ1) is 8.65. The second-order valence-electron chi connectivity index (χ2n) is 4.04. The van der Waals surface area contributed by atoms with Crippen LogP contribution in [0.2, 0.25) is 0 Å². The van der Waals surface area contributed by atoms with Crippen LogP contribution in [0.3, 0.4) is 0 Å². The van der Waals surface area contributed by atoms with Crippen LogP contribution in [0.25, 0.3) is 0 Å². The molecule has 3 nitrogen and oxygen atoms in total. The zero-order valence-electron chi connectivity index (χ0n) is 10.3. The lowest BCUT2D eigenvalue weighted by molar-refractivity contribution is -0.120. The van der Waals surface area contributed by atoms with Crippen LogP contribution < -0.4 is 5.32 Å². The number of carbonyl (C=O) groups excluding carboxylic acids is 1. The number of hydrogen-bond acceptors (Lipinski definition) is 4. The minimum absolute atomic E-state index is 0.000929. The molecule has 1 atom stereocenters. The molecule has 5 heteroatoms. The normalized spacial score (nSPS) is 19.6. The minimum atomic E-state index is -0.0727. The summed E-state index contributed by atoms with van der Waals surface area (Å²) in [6, 6.07) is 6.33. The summed E-state index contributed by atoms with van der Waals surface area (Å²) in [4.78, 5) is 14.0. The number of carbonyl (C=O) groups is 1. The minimum Gasteiger partial charge on any atom is -0.320 e. The SMILES string of the molecule is CCSC1=C(C#N)[C@@H](c2ccc(C)s2)CC(=O)N1. The standard InChI is InChI=1S/C13H14N2OS2/c1-3-17-13-10(7-14)9(6-12(16)15-13)11-5-4-8(2)18-11/h4-5,9H,3,6H2,1-2H3,(H,15,16)/t9-/m0/s1. The van der Waals surface area contributed by atoms with E-state index in [1.165, 1.54) is 16.6 Å². The van der Waals surface area contributed by atoms with Gasteiger partial charge in [0.2, 0.25) is 5.91 Å². The molecule has 0 bridgehead atoms. The molecule has 0 saturated heterocycles. The van der Waals surface area contributed by atoms with Gasteiger partial charge in [-0.2, -0.15) is 5.26 Å². The van der Waals surface area contributed by atoms with Crippen LogP contribution >= 0.6 is 23.1 Å². The maximum Gasteiger partial charge on any atom is 0.225 e. The number of rotatable bonds is 3. The van der Waals surface area contributed by atoms with Gasteiger partial charge in [-0.1, -0.05) is 6.92 Å². The summed E-state index contributed by atoms with van der Waals surface area (Å²) in [6.45, 7) is 4.05. The molecule has 0 unspecified atom stereocenters. The Morgan fingerprint density at radius 3 is 2.94 bits per heavy atom. The maximum atomic E-state index is 11.7. The Morgan fingerprint density at radius 1 is 1.61 bits per heavy atom. The highest BCUT2D eigenvalue weighted by atomic mass is 32.2. The molecule has 0 aliphatic carbocycles. The molecule has 1 aromatic heterocycles. The van der Waals surface area contributed by atoms with E-state index in [0.29, 0.717) is 12.0 Å². The van der Waals surface area contributed by atoms with Crippen molar-refractivity contribution in [2.45, 2.75) is 26.2 Å². The molecule has 2 rings (SSSR count). The lowest BCUT2D eigenvalue weighted by atomic mass is 9.92. The van der Waals surface area contributed by atoms with Crippen LogP contribution in [0.15, 0.2) is 22.7 Å². The molecule has 1 aromatic rings. The number of nitriles is 1. The van der Waals surface area contributed by atoms with Gasteiger partial charge in [0.25, 0.3) is 0 Å². The predicted octanol–water partition coefficient (Wildman–Crippen LogP) is 3.15. The largest absolute Gasteiger partial charge is 0.320 e. The van der Waals surface area contributed by atoms with Crippen molar-refractivity contribution >= 4 is 29.0 Å². The van der Waals surface area contributed by atoms with E-state index in [-0.39, 0.29) is 11.8 Å². The van der Waals surface area contributed by atoms with Crippen molar-refractivity contribution in [1.82, 2.24) is 5.32 Å². The third kappa shape index (κ3) is 2.60. The zero-order valence-corrected chi connectivity index (χ0v) is 12.0. The number of nitrogens with zero attached hydrogens (tertiary/aromatic N) is 1. The smallest absolute Gasteiger partial charge is 0.225 e. The fourth-order valence-electron chi connectivity index (χ4n) is 1.96. The van der Waals surface area contributed by atoms with Crippen molar-refractivity contribution in [3.05, 3.63) is 32.5 Å². The van der Waals surface area contributed by atoms with E-state index in [4.69, 9.17) is 0 Å². The van der Waals surface area contributed by atoms with Gasteiger partial charge < -0.3 is 5.32 Å². The van der Waals surface area contributed by atoms with Crippen molar-refractivity contribution in [2.24, 2.45) is 0 Å². The van der Waals surface area contributed by atoms with Crippen molar-refractivity contribution in [3.8, 4) is 6.07 Å². The maximum absolute atomic E-state index is 11.7. The third-order valence-corrected chi connectivity index (χ3v) is 4.76. The topological polar surface area (TPSA) is 52.9 Å². The Hall–Kier alpha value is -1.25. The first-order valence-corrected chi connectivity index (χ1v) is 7.59. The molecule has 1 N–H and O–H groups in total. The molecule has 1 aliphatic rings. The van der Waals surface area contributed by atoms with E-state index in [0.717, 1.165) is 15.7 Å². The van der Waals surface area contributed by atoms with Crippen LogP contribution in [0.4, 0.5) is 0 Å². The lowest BCUT2D eigenvalue weighted by Crippen LogP contribution is -2.30. The molecular formula is C13H14N2OS2. The quantitative estimate of drug-likeness (QED) is 0.924. The van der Waals surface area contributed by atoms with Gasteiger partial charge in [0.15, 0.2) is 0 Å². The van der Waals surface area contributed by atoms with E-state index < -0.39 is 0 Å². The highest BCUT2D eigenvalue weighted by molar-refractivity contribution is 8.03. The van der Waals surface area contributed by atoms with Crippen LogP contribution in [0.1, 0.15) is 29.0 Å². The predicted molar refractivity (Wildman–Crippen MR) is 75.3 cm³/mol. The lowest BCUT2D eigenvalue weighted by Gasteiger charge is -2.23. The summed E-state index contributed by atoms with van der Waals surface area (Å²) in [6.07, 6.45) is 0.372. The van der Waals surface area contributed by atoms with Crippen LogP contribution in [-0.4, -0.2) is 11.7 Å². The monoisotopic (exact) mass is 278 g/mol. The van der Waals surface area contributed by atoms with Crippen LogP contribution in [0, 0.1) is 18.3 Å². The third-order valence-electron chi connectivity index (χ3n) is 2.75. The van der Waals surface area contributed by atoms with Crippen LogP contribution in [-0.2, 0) is 4.79 Å². The van der Waals surface area contributed by atoms with Gasteiger partial charge in [-0.25, -0.2) is 0 Å². The molecule has 0 saturated carbocycles. The summed E-state index contributed by atoms with van der Waals surface area (Å²) in [7, 11) is 0. The Balaban J connectivity index is 2.42. The molecule has 18 heavy (non-hydrogen) atoms. The number of aryl methyl sites for hydroxylation is 1. The number of hydrogen-bond donors (Lipinski definition) is 1. The van der Waals surface area contributed by atoms with Crippen molar-refractivity contribution in [2.75, 3.05) is 5.75 Å². The molecular weight excluding hydrogens is 264 g/mol. The summed E-state index contributed by atoms with van der Waals surface area (Å²) in [5, 5.41) is 12.9. The van der Waals surface area contributed by atoms with Gasteiger partial charge in [0.05, 0.1) is 16.7 Å². The van der Waals surface area contributed by atoms with Gasteiger partial charge in [0, 0.05) is 22.1 Å². The molecule has 0 radical (unpaired) electrons. The average molecular weight is 278 g/mol. The summed E-state index contributed by atoms with van der Waals surface area (Å²) in [5.74, 6) is 0.772. The molecule has 0 fully saturated rings. The highest BCUT2D eigenvalue weighted by Crippen LogP contribution is 2.38. The van der Waals surface area contributed by atoms with Crippen molar-refractivity contribution < 1.29 is 4.79 Å². The van der Waals surface area contributed by atoms with Gasteiger partial charge in [-0.15, -0.1) is 23.1 Å². The number of amides is 1. The highest BCUT2D eigenvalue weighted by Gasteiger charge is 2.30. The van der Waals surface area contributed by atoms with E-state index in [1.54, 1.807) is 11.3 Å². The summed E-state index contributed by atoms with van der Waals surface area (Å²) in [5.41, 5.74) is 0.698. The van der Waals surface area contributed by atoms with E-state index in [1.807, 2.05) is 26.0 Å². The second-order valence-corrected chi connectivity index (χ2v) is 6.63. The number of thiophene rings is 1. The second kappa shape index (κ2) is 5.59. The zero-order chi connectivity index (χ0) is 13.1. The summed E-state index contributed by atoms with van der Waals surface area (Å²) >= 11 is 3.18. The van der Waals surface area contributed by atoms with E-state index >= 15 is 0 Å². The molecule has 0 aromatic carbocycles. The Bertz CT molecular complexity index is 539. The molecule has 94 valence electrons. The first kappa shape index (κ1) is 13.2. The Labute approximate surface area is 115 Å². The Kier molecular flexibility index (Phi) is 4.10. The molecule has 2 heterocycles. The Morgan fingerprint density at radius 2 is 2.39 bits per heavy atom. The van der Waals surface area contributed by atoms with Crippen LogP contribution in [0.5, 0.6) is 0 Å². The first-order valence-electron chi connectivity index (χ1n) is 5.79. The molecule has 1 amide bonds. The number of allylic oxidation sites excluding steroid dienone is 1. The van der Waals surface area contributed by atoms with Crippen molar-refractivity contribution in [1.29, 1.82) is 5.26 Å². The van der Waals surface area contributed by atoms with E-state index in [2.05, 4.69) is 11.4 Å².